The molecule has 0 N–H and O–H groups in total. The first-order valence-electron chi connectivity index (χ1n) is 8.04. The fraction of sp³-hybridized carbons (Fsp3) is 0.250. The van der Waals surface area contributed by atoms with Crippen molar-refractivity contribution in [1.82, 2.24) is 4.90 Å². The van der Waals surface area contributed by atoms with Crippen molar-refractivity contribution in [2.45, 2.75) is 20.0 Å². The molecule has 0 spiro atoms. The zero-order valence-corrected chi connectivity index (χ0v) is 15.0. The molecule has 0 heterocycles. The minimum Gasteiger partial charge on any atom is -0.465 e. The fourth-order valence-electron chi connectivity index (χ4n) is 2.45. The molecule has 0 saturated heterocycles. The second kappa shape index (κ2) is 8.80. The molecule has 6 nitrogen and oxygen atoms in total. The maximum absolute atomic E-state index is 12.0. The lowest BCUT2D eigenvalue weighted by atomic mass is 10.1. The van der Waals surface area contributed by atoms with Crippen LogP contribution >= 0.6 is 0 Å². The molecule has 0 unspecified atom stereocenters. The van der Waals surface area contributed by atoms with E-state index in [2.05, 4.69) is 9.47 Å². The van der Waals surface area contributed by atoms with Crippen LogP contribution in [0.15, 0.2) is 48.5 Å². The first-order chi connectivity index (χ1) is 12.4. The molecule has 0 aromatic heterocycles. The molecule has 0 bridgehead atoms. The van der Waals surface area contributed by atoms with Crippen molar-refractivity contribution >= 4 is 17.8 Å². The standard InChI is InChI=1S/C20H21NO5/c1-14(22)21(12-15-4-8-17(9-5-15)19(23)25-2)13-16-6-10-18(11-7-16)20(24)26-3/h4-11H,12-13H2,1-3H3. The summed E-state index contributed by atoms with van der Waals surface area (Å²) in [7, 11) is 2.67. The molecule has 136 valence electrons. The van der Waals surface area contributed by atoms with Gasteiger partial charge >= 0.3 is 11.9 Å². The summed E-state index contributed by atoms with van der Waals surface area (Å²) < 4.78 is 9.35. The first kappa shape index (κ1) is 19.2. The third-order valence-electron chi connectivity index (χ3n) is 3.94. The third-order valence-corrected chi connectivity index (χ3v) is 3.94. The summed E-state index contributed by atoms with van der Waals surface area (Å²) >= 11 is 0. The Bertz CT molecular complexity index is 719. The number of benzene rings is 2. The van der Waals surface area contributed by atoms with E-state index < -0.39 is 11.9 Å². The highest BCUT2D eigenvalue weighted by molar-refractivity contribution is 5.89. The normalized spacial score (nSPS) is 10.1. The molecule has 0 aliphatic rings. The molecule has 0 aliphatic carbocycles. The summed E-state index contributed by atoms with van der Waals surface area (Å²) in [5.74, 6) is -0.865. The topological polar surface area (TPSA) is 72.9 Å². The predicted octanol–water partition coefficient (Wildman–Crippen LogP) is 2.81. The minimum atomic E-state index is -0.398. The molecule has 26 heavy (non-hydrogen) atoms. The average molecular weight is 355 g/mol. The van der Waals surface area contributed by atoms with Crippen LogP contribution in [0.5, 0.6) is 0 Å². The number of methoxy groups -OCH3 is 2. The van der Waals surface area contributed by atoms with Gasteiger partial charge in [-0.3, -0.25) is 4.79 Å². The van der Waals surface area contributed by atoms with E-state index in [9.17, 15) is 14.4 Å². The highest BCUT2D eigenvalue weighted by atomic mass is 16.5. The van der Waals surface area contributed by atoms with Crippen molar-refractivity contribution in [2.75, 3.05) is 14.2 Å². The van der Waals surface area contributed by atoms with Gasteiger partial charge in [-0.05, 0) is 35.4 Å². The lowest BCUT2D eigenvalue weighted by Crippen LogP contribution is -2.27. The SMILES string of the molecule is COC(=O)c1ccc(CN(Cc2ccc(C(=O)OC)cc2)C(C)=O)cc1. The van der Waals surface area contributed by atoms with E-state index in [0.29, 0.717) is 24.2 Å². The van der Waals surface area contributed by atoms with Gasteiger partial charge in [0.2, 0.25) is 5.91 Å². The smallest absolute Gasteiger partial charge is 0.337 e. The van der Waals surface area contributed by atoms with Crippen LogP contribution in [0, 0.1) is 0 Å². The van der Waals surface area contributed by atoms with Crippen molar-refractivity contribution in [2.24, 2.45) is 0 Å². The Labute approximate surface area is 152 Å². The molecular weight excluding hydrogens is 334 g/mol. The third kappa shape index (κ3) is 4.92. The van der Waals surface area contributed by atoms with Gasteiger partial charge in [0, 0.05) is 20.0 Å². The number of hydrogen-bond donors (Lipinski definition) is 0. The summed E-state index contributed by atoms with van der Waals surface area (Å²) in [6.45, 7) is 2.33. The van der Waals surface area contributed by atoms with Crippen LogP contribution < -0.4 is 0 Å². The maximum Gasteiger partial charge on any atom is 0.337 e. The van der Waals surface area contributed by atoms with E-state index in [1.165, 1.54) is 21.1 Å². The Morgan fingerprint density at radius 2 is 1.08 bits per heavy atom. The van der Waals surface area contributed by atoms with E-state index in [-0.39, 0.29) is 5.91 Å². The molecule has 0 radical (unpaired) electrons. The lowest BCUT2D eigenvalue weighted by Gasteiger charge is -2.21. The largest absolute Gasteiger partial charge is 0.465 e. The van der Waals surface area contributed by atoms with Crippen LogP contribution in [0.3, 0.4) is 0 Å². The Morgan fingerprint density at radius 1 is 0.731 bits per heavy atom. The van der Waals surface area contributed by atoms with Gasteiger partial charge in [-0.1, -0.05) is 24.3 Å². The molecule has 2 rings (SSSR count). The predicted molar refractivity (Wildman–Crippen MR) is 95.5 cm³/mol. The van der Waals surface area contributed by atoms with Crippen LogP contribution in [0.25, 0.3) is 0 Å². The molecule has 0 atom stereocenters. The van der Waals surface area contributed by atoms with Gasteiger partial charge in [0.25, 0.3) is 0 Å². The van der Waals surface area contributed by atoms with E-state index >= 15 is 0 Å². The van der Waals surface area contributed by atoms with Gasteiger partial charge in [-0.2, -0.15) is 0 Å². The van der Waals surface area contributed by atoms with Crippen LogP contribution in [0.1, 0.15) is 38.8 Å². The second-order valence-electron chi connectivity index (χ2n) is 5.75. The molecule has 6 heteroatoms. The monoisotopic (exact) mass is 355 g/mol. The number of carbonyl (C=O) groups excluding carboxylic acids is 3. The number of amides is 1. The summed E-state index contributed by atoms with van der Waals surface area (Å²) in [6.07, 6.45) is 0. The van der Waals surface area contributed by atoms with Gasteiger partial charge < -0.3 is 14.4 Å². The fourth-order valence-corrected chi connectivity index (χ4v) is 2.45. The van der Waals surface area contributed by atoms with Crippen LogP contribution in [-0.2, 0) is 27.4 Å². The number of rotatable bonds is 6. The molecule has 1 amide bonds. The van der Waals surface area contributed by atoms with Crippen molar-refractivity contribution < 1.29 is 23.9 Å². The van der Waals surface area contributed by atoms with E-state index in [1.54, 1.807) is 53.4 Å². The van der Waals surface area contributed by atoms with Crippen molar-refractivity contribution in [3.8, 4) is 0 Å². The van der Waals surface area contributed by atoms with Crippen LogP contribution in [0.4, 0.5) is 0 Å². The Kier molecular flexibility index (Phi) is 6.49. The van der Waals surface area contributed by atoms with E-state index in [0.717, 1.165) is 11.1 Å². The minimum absolute atomic E-state index is 0.0703. The highest BCUT2D eigenvalue weighted by Gasteiger charge is 2.12. The summed E-state index contributed by atoms with van der Waals surface area (Å²) in [5, 5.41) is 0. The Morgan fingerprint density at radius 3 is 1.35 bits per heavy atom. The van der Waals surface area contributed by atoms with Crippen molar-refractivity contribution in [3.63, 3.8) is 0 Å². The lowest BCUT2D eigenvalue weighted by molar-refractivity contribution is -0.130. The molecule has 0 fully saturated rings. The number of hydrogen-bond acceptors (Lipinski definition) is 5. The maximum atomic E-state index is 12.0. The van der Waals surface area contributed by atoms with E-state index in [4.69, 9.17) is 0 Å². The summed E-state index contributed by atoms with van der Waals surface area (Å²) in [6, 6.07) is 13.9. The zero-order chi connectivity index (χ0) is 19.1. The van der Waals surface area contributed by atoms with Crippen LogP contribution in [0.2, 0.25) is 0 Å². The van der Waals surface area contributed by atoms with Gasteiger partial charge in [0.05, 0.1) is 25.3 Å². The Hall–Kier alpha value is -3.15. The molecule has 0 saturated carbocycles. The number of carbonyl (C=O) groups is 3. The molecule has 2 aromatic carbocycles. The molecule has 0 aliphatic heterocycles. The van der Waals surface area contributed by atoms with Crippen LogP contribution in [-0.4, -0.2) is 37.0 Å². The number of ether oxygens (including phenoxy) is 2. The number of nitrogens with zero attached hydrogens (tertiary/aromatic N) is 1. The first-order valence-corrected chi connectivity index (χ1v) is 8.04. The number of esters is 2. The van der Waals surface area contributed by atoms with Gasteiger partial charge in [-0.15, -0.1) is 0 Å². The van der Waals surface area contributed by atoms with Gasteiger partial charge in [0.1, 0.15) is 0 Å². The van der Waals surface area contributed by atoms with Gasteiger partial charge in [-0.25, -0.2) is 9.59 Å². The zero-order valence-electron chi connectivity index (χ0n) is 15.0. The van der Waals surface area contributed by atoms with E-state index in [1.807, 2.05) is 0 Å². The molecular formula is C20H21NO5. The van der Waals surface area contributed by atoms with Gasteiger partial charge in [0.15, 0.2) is 0 Å². The Balaban J connectivity index is 2.08. The highest BCUT2D eigenvalue weighted by Crippen LogP contribution is 2.13. The summed E-state index contributed by atoms with van der Waals surface area (Å²) in [4.78, 5) is 36.6. The second-order valence-corrected chi connectivity index (χ2v) is 5.75. The summed E-state index contributed by atoms with van der Waals surface area (Å²) in [5.41, 5.74) is 2.73. The average Bonchev–Trinajstić information content (AvgIpc) is 2.67. The van der Waals surface area contributed by atoms with Crippen molar-refractivity contribution in [1.29, 1.82) is 0 Å². The quantitative estimate of drug-likeness (QED) is 0.745. The molecule has 2 aromatic rings. The van der Waals surface area contributed by atoms with Crippen molar-refractivity contribution in [3.05, 3.63) is 70.8 Å².